The Morgan fingerprint density at radius 3 is 1.75 bits per heavy atom. The summed E-state index contributed by atoms with van der Waals surface area (Å²) >= 11 is 0. The summed E-state index contributed by atoms with van der Waals surface area (Å²) in [6.45, 7) is 0. The van der Waals surface area contributed by atoms with Crippen molar-refractivity contribution in [1.82, 2.24) is 4.98 Å². The number of hydrogen-bond donors (Lipinski definition) is 2. The van der Waals surface area contributed by atoms with Crippen LogP contribution in [0.5, 0.6) is 0 Å². The van der Waals surface area contributed by atoms with Crippen molar-refractivity contribution in [3.8, 4) is 50.6 Å². The van der Waals surface area contributed by atoms with Gasteiger partial charge < -0.3 is 15.1 Å². The number of aromatic amines is 1. The molecule has 0 spiro atoms. The number of nitrogens with one attached hydrogen (secondary N) is 1. The largest absolute Gasteiger partial charge is 0.456 e. The summed E-state index contributed by atoms with van der Waals surface area (Å²) in [5.41, 5.74) is 19.3. The van der Waals surface area contributed by atoms with Crippen molar-refractivity contribution in [3.05, 3.63) is 174 Å². The number of H-pyrrole nitrogens is 1. The summed E-state index contributed by atoms with van der Waals surface area (Å²) in [7, 11) is 0. The van der Waals surface area contributed by atoms with E-state index in [-0.39, 0.29) is 0 Å². The van der Waals surface area contributed by atoms with Crippen LogP contribution in [0, 0.1) is 11.3 Å². The number of pyridine rings is 1. The Morgan fingerprint density at radius 1 is 0.562 bits per heavy atom. The van der Waals surface area contributed by atoms with Crippen molar-refractivity contribution in [2.24, 2.45) is 10.7 Å². The molecule has 5 heteroatoms. The lowest BCUT2D eigenvalue weighted by molar-refractivity contribution is 0.669. The number of benzene rings is 6. The van der Waals surface area contributed by atoms with Gasteiger partial charge in [0, 0.05) is 22.5 Å². The Hall–Kier alpha value is -6.48. The third-order valence-corrected chi connectivity index (χ3v) is 8.78. The maximum atomic E-state index is 9.17. The van der Waals surface area contributed by atoms with Gasteiger partial charge in [0.15, 0.2) is 0 Å². The van der Waals surface area contributed by atoms with Gasteiger partial charge in [-0.1, -0.05) is 97.1 Å². The second-order valence-corrected chi connectivity index (χ2v) is 11.8. The zero-order valence-electron chi connectivity index (χ0n) is 26.0. The number of nitrogens with two attached hydrogens (primary N) is 1. The smallest absolute Gasteiger partial charge is 0.135 e. The molecule has 0 aliphatic rings. The van der Waals surface area contributed by atoms with E-state index in [1.54, 1.807) is 0 Å². The standard InChI is InChI=1S/C43H30N4O/c44-27-28-11-13-29(14-12-28)34-19-21-40-38(25-34)39-26-35(20-22-41(39)48-40)31-17-15-30(16-18-31)33-8-4-9-36(24-33)42(45)47-43-37(10-5-23-46-43)32-6-2-1-3-7-32/h1-26,42H,45H2,(H,46,47). The molecule has 6 aromatic carbocycles. The number of rotatable bonds is 6. The first-order chi connectivity index (χ1) is 23.6. The lowest BCUT2D eigenvalue weighted by Gasteiger charge is -2.11. The molecule has 0 amide bonds. The summed E-state index contributed by atoms with van der Waals surface area (Å²) in [5.74, 6) is 0. The summed E-state index contributed by atoms with van der Waals surface area (Å²) in [6, 6.07) is 53.5. The number of nitriles is 1. The van der Waals surface area contributed by atoms with E-state index in [4.69, 9.17) is 20.4 Å². The van der Waals surface area contributed by atoms with Crippen molar-refractivity contribution in [2.75, 3.05) is 0 Å². The van der Waals surface area contributed by atoms with Crippen LogP contribution >= 0.6 is 0 Å². The molecule has 0 saturated heterocycles. The quantitative estimate of drug-likeness (QED) is 0.194. The first-order valence-electron chi connectivity index (χ1n) is 15.8. The fraction of sp³-hybridized carbons (Fsp3) is 0.0233. The maximum Gasteiger partial charge on any atom is 0.135 e. The summed E-state index contributed by atoms with van der Waals surface area (Å²) in [5, 5.41) is 11.3. The molecule has 3 N–H and O–H groups in total. The third-order valence-electron chi connectivity index (χ3n) is 8.78. The zero-order chi connectivity index (χ0) is 32.5. The predicted molar refractivity (Wildman–Crippen MR) is 193 cm³/mol. The first kappa shape index (κ1) is 29.0. The predicted octanol–water partition coefficient (Wildman–Crippen LogP) is 10.0. The van der Waals surface area contributed by atoms with Crippen molar-refractivity contribution in [2.45, 2.75) is 6.17 Å². The van der Waals surface area contributed by atoms with Gasteiger partial charge in [-0.05, 0) is 99.1 Å². The molecule has 1 atom stereocenters. The minimum Gasteiger partial charge on any atom is -0.456 e. The number of nitrogens with zero attached hydrogens (tertiary/aromatic N) is 2. The second kappa shape index (κ2) is 12.4. The lowest BCUT2D eigenvalue weighted by atomic mass is 9.97. The van der Waals surface area contributed by atoms with Crippen LogP contribution in [0.1, 0.15) is 17.3 Å². The van der Waals surface area contributed by atoms with Crippen LogP contribution in [0.15, 0.2) is 167 Å². The summed E-state index contributed by atoms with van der Waals surface area (Å²) in [6.07, 6.45) is 1.34. The van der Waals surface area contributed by atoms with Gasteiger partial charge in [-0.2, -0.15) is 5.26 Å². The lowest BCUT2D eigenvalue weighted by Crippen LogP contribution is -2.17. The van der Waals surface area contributed by atoms with E-state index >= 15 is 0 Å². The third kappa shape index (κ3) is 5.58. The number of fused-ring (bicyclic) bond motifs is 3. The Bertz CT molecular complexity index is 2520. The highest BCUT2D eigenvalue weighted by Gasteiger charge is 2.12. The molecule has 0 saturated carbocycles. The highest BCUT2D eigenvalue weighted by atomic mass is 16.3. The zero-order valence-corrected chi connectivity index (χ0v) is 26.0. The van der Waals surface area contributed by atoms with E-state index < -0.39 is 6.17 Å². The first-order valence-corrected chi connectivity index (χ1v) is 15.8. The van der Waals surface area contributed by atoms with Crippen molar-refractivity contribution >= 4 is 21.9 Å². The maximum absolute atomic E-state index is 9.17. The molecular weight excluding hydrogens is 589 g/mol. The van der Waals surface area contributed by atoms with E-state index in [1.807, 2.05) is 79.0 Å². The Labute approximate surface area is 277 Å². The molecule has 0 aliphatic heterocycles. The van der Waals surface area contributed by atoms with E-state index in [1.165, 1.54) is 0 Å². The SMILES string of the molecule is N#Cc1ccc(-c2ccc3oc4ccc(-c5ccc(-c6cccc(C(N)/N=c7\[nH]cccc7-c7ccccc7)c6)cc5)cc4c3c2)cc1. The van der Waals surface area contributed by atoms with Gasteiger partial charge in [0.2, 0.25) is 0 Å². The number of hydrogen-bond acceptors (Lipinski definition) is 4. The minimum atomic E-state index is -0.528. The molecule has 5 nitrogen and oxygen atoms in total. The highest BCUT2D eigenvalue weighted by molar-refractivity contribution is 6.07. The Balaban J connectivity index is 1.08. The number of furan rings is 1. The molecule has 1 unspecified atom stereocenters. The summed E-state index contributed by atoms with van der Waals surface area (Å²) in [4.78, 5) is 8.14. The average molecular weight is 619 g/mol. The molecule has 228 valence electrons. The topological polar surface area (TPSA) is 91.1 Å². The van der Waals surface area contributed by atoms with Crippen LogP contribution in [-0.2, 0) is 0 Å². The van der Waals surface area contributed by atoms with Gasteiger partial charge in [0.25, 0.3) is 0 Å². The normalized spacial score (nSPS) is 12.3. The molecule has 8 aromatic rings. The van der Waals surface area contributed by atoms with Gasteiger partial charge in [-0.3, -0.25) is 0 Å². The van der Waals surface area contributed by atoms with Crippen LogP contribution in [-0.4, -0.2) is 4.98 Å². The van der Waals surface area contributed by atoms with Crippen molar-refractivity contribution < 1.29 is 4.42 Å². The van der Waals surface area contributed by atoms with Crippen LogP contribution in [0.25, 0.3) is 66.4 Å². The fourth-order valence-electron chi connectivity index (χ4n) is 6.23. The number of aromatic nitrogens is 1. The molecule has 8 rings (SSSR count). The molecule has 48 heavy (non-hydrogen) atoms. The molecule has 0 aliphatic carbocycles. The molecule has 0 bridgehead atoms. The van der Waals surface area contributed by atoms with E-state index in [0.717, 1.165) is 77.5 Å². The van der Waals surface area contributed by atoms with Gasteiger partial charge in [-0.25, -0.2) is 4.99 Å². The summed E-state index contributed by atoms with van der Waals surface area (Å²) < 4.78 is 6.18. The van der Waals surface area contributed by atoms with Gasteiger partial charge in [-0.15, -0.1) is 0 Å². The average Bonchev–Trinajstić information content (AvgIpc) is 3.53. The van der Waals surface area contributed by atoms with E-state index in [9.17, 15) is 0 Å². The van der Waals surface area contributed by atoms with Gasteiger partial charge >= 0.3 is 0 Å². The molecule has 2 aromatic heterocycles. The Kier molecular flexibility index (Phi) is 7.46. The monoisotopic (exact) mass is 618 g/mol. The highest BCUT2D eigenvalue weighted by Crippen LogP contribution is 2.35. The fourth-order valence-corrected chi connectivity index (χ4v) is 6.23. The van der Waals surface area contributed by atoms with Crippen molar-refractivity contribution in [3.63, 3.8) is 0 Å². The second-order valence-electron chi connectivity index (χ2n) is 11.8. The molecule has 2 heterocycles. The molecular formula is C43H30N4O. The van der Waals surface area contributed by atoms with Crippen molar-refractivity contribution in [1.29, 1.82) is 5.26 Å². The molecule has 0 fully saturated rings. The van der Waals surface area contributed by atoms with E-state index in [2.05, 4.69) is 89.9 Å². The van der Waals surface area contributed by atoms with Gasteiger partial charge in [0.1, 0.15) is 22.8 Å². The Morgan fingerprint density at radius 2 is 1.12 bits per heavy atom. The van der Waals surface area contributed by atoms with Crippen LogP contribution < -0.4 is 11.2 Å². The van der Waals surface area contributed by atoms with Crippen LogP contribution in [0.2, 0.25) is 0 Å². The van der Waals surface area contributed by atoms with Crippen LogP contribution in [0.4, 0.5) is 0 Å². The minimum absolute atomic E-state index is 0.528. The van der Waals surface area contributed by atoms with Crippen LogP contribution in [0.3, 0.4) is 0 Å². The molecule has 0 radical (unpaired) electrons. The van der Waals surface area contributed by atoms with E-state index in [0.29, 0.717) is 5.56 Å². The van der Waals surface area contributed by atoms with Gasteiger partial charge in [0.05, 0.1) is 11.6 Å².